The molecule has 0 saturated carbocycles. The summed E-state index contributed by atoms with van der Waals surface area (Å²) in [7, 11) is 1.78. The van der Waals surface area contributed by atoms with Gasteiger partial charge in [-0.05, 0) is 70.7 Å². The summed E-state index contributed by atoms with van der Waals surface area (Å²) in [4.78, 5) is 61.5. The normalized spacial score (nSPS) is 11.9. The van der Waals surface area contributed by atoms with E-state index in [-0.39, 0.29) is 25.4 Å². The SMILES string of the molecule is CC.CC(C)C(C(=O)O)N(C)CCc1ccc(NC(=O)[C@H](CCCNC(N)=O)NC(=O)CNC(=O)OC(C)(C)C)cc1.CCC. The third-order valence-corrected chi connectivity index (χ3v) is 5.75. The van der Waals surface area contributed by atoms with Crippen LogP contribution in [0.5, 0.6) is 0 Å². The third-order valence-electron chi connectivity index (χ3n) is 5.75. The van der Waals surface area contributed by atoms with E-state index in [2.05, 4.69) is 35.1 Å². The van der Waals surface area contributed by atoms with Crippen molar-refractivity contribution in [2.24, 2.45) is 11.7 Å². The summed E-state index contributed by atoms with van der Waals surface area (Å²) < 4.78 is 5.10. The number of nitrogens with two attached hydrogens (primary N) is 1. The van der Waals surface area contributed by atoms with Crippen molar-refractivity contribution in [3.05, 3.63) is 29.8 Å². The number of primary amides is 1. The highest BCUT2D eigenvalue weighted by atomic mass is 16.6. The van der Waals surface area contributed by atoms with Crippen LogP contribution in [0.25, 0.3) is 0 Å². The van der Waals surface area contributed by atoms with E-state index < -0.39 is 47.6 Å². The quantitative estimate of drug-likeness (QED) is 0.155. The summed E-state index contributed by atoms with van der Waals surface area (Å²) in [5.74, 6) is -1.95. The molecule has 0 aliphatic heterocycles. The molecule has 5 amide bonds. The van der Waals surface area contributed by atoms with E-state index in [0.29, 0.717) is 25.1 Å². The van der Waals surface area contributed by atoms with Crippen molar-refractivity contribution in [1.29, 1.82) is 0 Å². The highest BCUT2D eigenvalue weighted by molar-refractivity contribution is 5.97. The molecule has 0 fully saturated rings. The summed E-state index contributed by atoms with van der Waals surface area (Å²) in [6, 6.07) is 4.90. The van der Waals surface area contributed by atoms with Gasteiger partial charge in [-0.1, -0.05) is 60.1 Å². The number of aliphatic carboxylic acids is 1. The van der Waals surface area contributed by atoms with Gasteiger partial charge in [0.05, 0.1) is 0 Å². The van der Waals surface area contributed by atoms with Crippen LogP contribution in [0.2, 0.25) is 0 Å². The van der Waals surface area contributed by atoms with Gasteiger partial charge in [0, 0.05) is 18.8 Å². The van der Waals surface area contributed by atoms with Gasteiger partial charge >= 0.3 is 18.1 Å². The number of hydrogen-bond acceptors (Lipinski definition) is 7. The van der Waals surface area contributed by atoms with Gasteiger partial charge in [0.15, 0.2) is 0 Å². The second-order valence-corrected chi connectivity index (χ2v) is 11.6. The van der Waals surface area contributed by atoms with Crippen LogP contribution in [0.3, 0.4) is 0 Å². The molecule has 45 heavy (non-hydrogen) atoms. The molecular weight excluding hydrogens is 580 g/mol. The number of carbonyl (C=O) groups is 5. The topological polar surface area (TPSA) is 192 Å². The number of urea groups is 1. The Hall–Kier alpha value is -3.87. The van der Waals surface area contributed by atoms with Crippen molar-refractivity contribution in [3.8, 4) is 0 Å². The lowest BCUT2D eigenvalue weighted by Gasteiger charge is -2.27. The zero-order valence-corrected chi connectivity index (χ0v) is 28.9. The Morgan fingerprint density at radius 2 is 1.56 bits per heavy atom. The molecule has 1 aromatic rings. The predicted octanol–water partition coefficient (Wildman–Crippen LogP) is 4.11. The molecule has 1 aromatic carbocycles. The number of carboxylic acid groups (broad SMARTS) is 1. The molecular formula is C32H58N6O7. The summed E-state index contributed by atoms with van der Waals surface area (Å²) in [6.07, 6.45) is 1.68. The van der Waals surface area contributed by atoms with Gasteiger partial charge in [0.25, 0.3) is 0 Å². The summed E-state index contributed by atoms with van der Waals surface area (Å²) >= 11 is 0. The van der Waals surface area contributed by atoms with Gasteiger partial charge in [0.2, 0.25) is 11.8 Å². The molecule has 0 aliphatic carbocycles. The second kappa shape index (κ2) is 23.5. The van der Waals surface area contributed by atoms with Gasteiger partial charge in [0.1, 0.15) is 24.2 Å². The Bertz CT molecular complexity index is 1030. The standard InChI is InChI=1S/C27H44N6O7.C3H8.C2H6/c1-17(2)22(24(36)37)33(6)15-13-18-9-11-19(12-10-18)31-23(35)20(8-7-14-29-25(28)38)32-21(34)16-30-26(39)40-27(3,4)5;1-3-2;1-2/h9-12,17,20,22H,7-8,13-16H2,1-6H3,(H,30,39)(H,31,35)(H,32,34)(H,36,37)(H3,28,29,38);3H2,1-2H3;1-2H3/t20-,22?;;/m0../s1. The Kier molecular flexibility index (Phi) is 22.6. The zero-order valence-electron chi connectivity index (χ0n) is 28.9. The fourth-order valence-corrected chi connectivity index (χ4v) is 3.91. The van der Waals surface area contributed by atoms with E-state index in [1.54, 1.807) is 44.9 Å². The zero-order chi connectivity index (χ0) is 35.2. The van der Waals surface area contributed by atoms with Crippen LogP contribution >= 0.6 is 0 Å². The minimum atomic E-state index is -0.945. The van der Waals surface area contributed by atoms with E-state index >= 15 is 0 Å². The molecule has 0 radical (unpaired) electrons. The first-order chi connectivity index (χ1) is 21.0. The lowest BCUT2D eigenvalue weighted by Crippen LogP contribution is -2.48. The number of benzene rings is 1. The van der Waals surface area contributed by atoms with Gasteiger partial charge in [-0.15, -0.1) is 0 Å². The molecule has 1 rings (SSSR count). The Morgan fingerprint density at radius 1 is 1.00 bits per heavy atom. The summed E-state index contributed by atoms with van der Waals surface area (Å²) in [6.45, 7) is 17.4. The maximum absolute atomic E-state index is 13.0. The number of nitrogens with one attached hydrogen (secondary N) is 4. The first-order valence-corrected chi connectivity index (χ1v) is 15.6. The number of amides is 5. The fraction of sp³-hybridized carbons (Fsp3) is 0.656. The highest BCUT2D eigenvalue weighted by Gasteiger charge is 2.26. The van der Waals surface area contributed by atoms with Gasteiger partial charge in [-0.25, -0.2) is 9.59 Å². The van der Waals surface area contributed by atoms with Crippen LogP contribution in [-0.4, -0.2) is 84.3 Å². The van der Waals surface area contributed by atoms with E-state index in [9.17, 15) is 29.1 Å². The van der Waals surface area contributed by atoms with Crippen LogP contribution in [0.1, 0.15) is 87.1 Å². The monoisotopic (exact) mass is 638 g/mol. The van der Waals surface area contributed by atoms with Crippen LogP contribution in [0, 0.1) is 5.92 Å². The third kappa shape index (κ3) is 21.5. The molecule has 2 atom stereocenters. The van der Waals surface area contributed by atoms with Crippen molar-refractivity contribution in [3.63, 3.8) is 0 Å². The number of carboxylic acids is 1. The fourth-order valence-electron chi connectivity index (χ4n) is 3.91. The number of likely N-dealkylation sites (N-methyl/N-ethyl adjacent to an activating group) is 1. The van der Waals surface area contributed by atoms with Crippen molar-refractivity contribution in [1.82, 2.24) is 20.9 Å². The van der Waals surface area contributed by atoms with Crippen molar-refractivity contribution >= 4 is 35.6 Å². The minimum Gasteiger partial charge on any atom is -0.480 e. The summed E-state index contributed by atoms with van der Waals surface area (Å²) in [5.41, 5.74) is 5.82. The molecule has 0 aliphatic rings. The maximum Gasteiger partial charge on any atom is 0.408 e. The van der Waals surface area contributed by atoms with Gasteiger partial charge in [-0.3, -0.25) is 19.3 Å². The molecule has 0 aromatic heterocycles. The van der Waals surface area contributed by atoms with E-state index in [1.807, 2.05) is 39.8 Å². The Labute approximate surface area is 269 Å². The van der Waals surface area contributed by atoms with Gasteiger partial charge < -0.3 is 36.8 Å². The lowest BCUT2D eigenvalue weighted by atomic mass is 10.0. The number of hydrogen-bond donors (Lipinski definition) is 6. The minimum absolute atomic E-state index is 0.0341. The molecule has 0 spiro atoms. The number of nitrogens with zero attached hydrogens (tertiary/aromatic N) is 1. The molecule has 258 valence electrons. The van der Waals surface area contributed by atoms with Gasteiger partial charge in [-0.2, -0.15) is 0 Å². The molecule has 1 unspecified atom stereocenters. The highest BCUT2D eigenvalue weighted by Crippen LogP contribution is 2.14. The van der Waals surface area contributed by atoms with Crippen molar-refractivity contribution < 1.29 is 33.8 Å². The van der Waals surface area contributed by atoms with Crippen LogP contribution in [0.4, 0.5) is 15.3 Å². The average molecular weight is 639 g/mol. The number of alkyl carbamates (subject to hydrolysis) is 1. The number of rotatable bonds is 15. The van der Waals surface area contributed by atoms with Crippen LogP contribution in [-0.2, 0) is 25.5 Å². The predicted molar refractivity (Wildman–Crippen MR) is 178 cm³/mol. The average Bonchev–Trinajstić information content (AvgIpc) is 2.93. The van der Waals surface area contributed by atoms with Crippen molar-refractivity contribution in [2.75, 3.05) is 32.0 Å². The molecule has 0 bridgehead atoms. The Balaban J connectivity index is 0. The Morgan fingerprint density at radius 3 is 2.02 bits per heavy atom. The summed E-state index contributed by atoms with van der Waals surface area (Å²) in [5, 5.41) is 19.6. The number of ether oxygens (including phenoxy) is 1. The molecule has 0 saturated heterocycles. The van der Waals surface area contributed by atoms with Crippen LogP contribution in [0.15, 0.2) is 24.3 Å². The largest absolute Gasteiger partial charge is 0.480 e. The maximum atomic E-state index is 13.0. The second-order valence-electron chi connectivity index (χ2n) is 11.6. The van der Waals surface area contributed by atoms with E-state index in [0.717, 1.165) is 5.56 Å². The first kappa shape index (κ1) is 43.3. The molecule has 0 heterocycles. The lowest BCUT2D eigenvalue weighted by molar-refractivity contribution is -0.144. The number of anilines is 1. The molecule has 13 heteroatoms. The smallest absolute Gasteiger partial charge is 0.408 e. The van der Waals surface area contributed by atoms with Crippen LogP contribution < -0.4 is 27.0 Å². The van der Waals surface area contributed by atoms with Crippen molar-refractivity contribution in [2.45, 2.75) is 106 Å². The molecule has 13 nitrogen and oxygen atoms in total. The number of carbonyl (C=O) groups excluding carboxylic acids is 4. The van der Waals surface area contributed by atoms with E-state index in [1.165, 1.54) is 6.42 Å². The first-order valence-electron chi connectivity index (χ1n) is 15.6. The molecule has 7 N–H and O–H groups in total. The van der Waals surface area contributed by atoms with E-state index in [4.69, 9.17) is 10.5 Å².